The SMILES string of the molecule is CC.Cc1ccc(CNC(=O)C(F)(F)F)cc1. The summed E-state index contributed by atoms with van der Waals surface area (Å²) in [5.74, 6) is -1.91. The Morgan fingerprint density at radius 1 is 1.18 bits per heavy atom. The van der Waals surface area contributed by atoms with Gasteiger partial charge in [-0.25, -0.2) is 0 Å². The van der Waals surface area contributed by atoms with Gasteiger partial charge < -0.3 is 5.32 Å². The molecule has 0 unspecified atom stereocenters. The third-order valence-corrected chi connectivity index (χ3v) is 1.83. The van der Waals surface area contributed by atoms with Crippen molar-refractivity contribution < 1.29 is 18.0 Å². The zero-order valence-corrected chi connectivity index (χ0v) is 10.1. The van der Waals surface area contributed by atoms with Crippen LogP contribution >= 0.6 is 0 Å². The molecule has 1 aromatic carbocycles. The van der Waals surface area contributed by atoms with Crippen molar-refractivity contribution in [2.75, 3.05) is 0 Å². The minimum absolute atomic E-state index is 0.112. The fourth-order valence-electron chi connectivity index (χ4n) is 0.988. The third-order valence-electron chi connectivity index (χ3n) is 1.83. The van der Waals surface area contributed by atoms with Gasteiger partial charge in [0.15, 0.2) is 0 Å². The first-order chi connectivity index (χ1) is 7.89. The Labute approximate surface area is 98.8 Å². The predicted molar refractivity (Wildman–Crippen MR) is 60.4 cm³/mol. The van der Waals surface area contributed by atoms with E-state index in [1.54, 1.807) is 29.6 Å². The highest BCUT2D eigenvalue weighted by molar-refractivity contribution is 5.81. The lowest BCUT2D eigenvalue weighted by atomic mass is 10.1. The molecule has 0 saturated heterocycles. The second-order valence-corrected chi connectivity index (χ2v) is 3.17. The molecule has 0 atom stereocenters. The molecule has 0 aliphatic carbocycles. The number of rotatable bonds is 2. The molecule has 5 heteroatoms. The first kappa shape index (κ1) is 15.5. The van der Waals surface area contributed by atoms with Crippen LogP contribution in [0.1, 0.15) is 25.0 Å². The van der Waals surface area contributed by atoms with Crippen LogP contribution in [0.3, 0.4) is 0 Å². The van der Waals surface area contributed by atoms with Crippen LogP contribution in [0.15, 0.2) is 24.3 Å². The molecule has 0 spiro atoms. The summed E-state index contributed by atoms with van der Waals surface area (Å²) >= 11 is 0. The molecule has 0 aromatic heterocycles. The molecule has 1 amide bonds. The van der Waals surface area contributed by atoms with Crippen molar-refractivity contribution in [1.82, 2.24) is 5.32 Å². The molecule has 0 bridgehead atoms. The zero-order valence-electron chi connectivity index (χ0n) is 10.1. The summed E-state index contributed by atoms with van der Waals surface area (Å²) in [7, 11) is 0. The first-order valence-corrected chi connectivity index (χ1v) is 5.30. The lowest BCUT2D eigenvalue weighted by Gasteiger charge is -2.07. The van der Waals surface area contributed by atoms with Crippen LogP contribution in [-0.4, -0.2) is 12.1 Å². The summed E-state index contributed by atoms with van der Waals surface area (Å²) in [4.78, 5) is 10.5. The van der Waals surface area contributed by atoms with Crippen LogP contribution in [0.5, 0.6) is 0 Å². The van der Waals surface area contributed by atoms with Crippen LogP contribution in [0.25, 0.3) is 0 Å². The number of hydrogen-bond donors (Lipinski definition) is 1. The van der Waals surface area contributed by atoms with Crippen LogP contribution in [0.4, 0.5) is 13.2 Å². The van der Waals surface area contributed by atoms with Crippen molar-refractivity contribution in [2.45, 2.75) is 33.5 Å². The number of hydrogen-bond acceptors (Lipinski definition) is 1. The van der Waals surface area contributed by atoms with E-state index in [0.717, 1.165) is 5.56 Å². The molecular weight excluding hydrogens is 231 g/mol. The number of nitrogens with one attached hydrogen (secondary N) is 1. The Morgan fingerprint density at radius 2 is 1.65 bits per heavy atom. The molecule has 1 rings (SSSR count). The van der Waals surface area contributed by atoms with Crippen molar-refractivity contribution in [3.8, 4) is 0 Å². The number of alkyl halides is 3. The van der Waals surface area contributed by atoms with E-state index in [9.17, 15) is 18.0 Å². The summed E-state index contributed by atoms with van der Waals surface area (Å²) in [6, 6.07) is 6.89. The molecule has 1 N–H and O–H groups in total. The van der Waals surface area contributed by atoms with Crippen LogP contribution in [-0.2, 0) is 11.3 Å². The highest BCUT2D eigenvalue weighted by Gasteiger charge is 2.38. The summed E-state index contributed by atoms with van der Waals surface area (Å²) in [6.07, 6.45) is -4.81. The second-order valence-electron chi connectivity index (χ2n) is 3.17. The number of amides is 1. The van der Waals surface area contributed by atoms with E-state index in [2.05, 4.69) is 0 Å². The number of benzene rings is 1. The molecule has 1 aromatic rings. The predicted octanol–water partition coefficient (Wildman–Crippen LogP) is 3.20. The van der Waals surface area contributed by atoms with E-state index < -0.39 is 12.1 Å². The van der Waals surface area contributed by atoms with Crippen molar-refractivity contribution >= 4 is 5.91 Å². The summed E-state index contributed by atoms with van der Waals surface area (Å²) in [5.41, 5.74) is 1.65. The summed E-state index contributed by atoms with van der Waals surface area (Å²) in [5, 5.41) is 1.79. The van der Waals surface area contributed by atoms with Gasteiger partial charge in [-0.1, -0.05) is 43.7 Å². The van der Waals surface area contributed by atoms with E-state index in [1.807, 2.05) is 20.8 Å². The normalized spacial score (nSPS) is 10.2. The molecule has 0 radical (unpaired) electrons. The van der Waals surface area contributed by atoms with Gasteiger partial charge >= 0.3 is 12.1 Å². The van der Waals surface area contributed by atoms with Gasteiger partial charge in [0.2, 0.25) is 0 Å². The maximum absolute atomic E-state index is 11.8. The number of aryl methyl sites for hydroxylation is 1. The van der Waals surface area contributed by atoms with E-state index in [4.69, 9.17) is 0 Å². The van der Waals surface area contributed by atoms with Gasteiger partial charge in [0.25, 0.3) is 0 Å². The van der Waals surface area contributed by atoms with Gasteiger partial charge in [0.05, 0.1) is 0 Å². The fraction of sp³-hybridized carbons (Fsp3) is 0.417. The van der Waals surface area contributed by atoms with Gasteiger partial charge in [-0.3, -0.25) is 4.79 Å². The van der Waals surface area contributed by atoms with E-state index in [-0.39, 0.29) is 6.54 Å². The molecule has 0 aliphatic heterocycles. The highest BCUT2D eigenvalue weighted by atomic mass is 19.4. The Kier molecular flexibility index (Phi) is 6.31. The molecule has 0 aliphatic rings. The summed E-state index contributed by atoms with van der Waals surface area (Å²) in [6.45, 7) is 5.76. The van der Waals surface area contributed by atoms with Crippen molar-refractivity contribution in [3.63, 3.8) is 0 Å². The largest absolute Gasteiger partial charge is 0.471 e. The van der Waals surface area contributed by atoms with E-state index in [0.29, 0.717) is 5.56 Å². The van der Waals surface area contributed by atoms with Gasteiger partial charge in [0, 0.05) is 6.54 Å². The fourth-order valence-corrected chi connectivity index (χ4v) is 0.988. The van der Waals surface area contributed by atoms with Crippen LogP contribution in [0, 0.1) is 6.92 Å². The van der Waals surface area contributed by atoms with Crippen LogP contribution < -0.4 is 5.32 Å². The average Bonchev–Trinajstić information content (AvgIpc) is 2.29. The number of carbonyl (C=O) groups is 1. The van der Waals surface area contributed by atoms with Gasteiger partial charge in [-0.2, -0.15) is 13.2 Å². The van der Waals surface area contributed by atoms with Crippen LogP contribution in [0.2, 0.25) is 0 Å². The number of carbonyl (C=O) groups excluding carboxylic acids is 1. The van der Waals surface area contributed by atoms with Crippen molar-refractivity contribution in [3.05, 3.63) is 35.4 Å². The molecule has 96 valence electrons. The van der Waals surface area contributed by atoms with Crippen molar-refractivity contribution in [1.29, 1.82) is 0 Å². The maximum atomic E-state index is 11.8. The first-order valence-electron chi connectivity index (χ1n) is 5.30. The Bertz CT molecular complexity index is 344. The lowest BCUT2D eigenvalue weighted by molar-refractivity contribution is -0.173. The smallest absolute Gasteiger partial charge is 0.344 e. The van der Waals surface area contributed by atoms with Gasteiger partial charge in [0.1, 0.15) is 0 Å². The average molecular weight is 247 g/mol. The zero-order chi connectivity index (χ0) is 13.5. The lowest BCUT2D eigenvalue weighted by Crippen LogP contribution is -2.36. The Hall–Kier alpha value is -1.52. The van der Waals surface area contributed by atoms with Gasteiger partial charge in [-0.15, -0.1) is 0 Å². The molecule has 2 nitrogen and oxygen atoms in total. The highest BCUT2D eigenvalue weighted by Crippen LogP contribution is 2.14. The van der Waals surface area contributed by atoms with E-state index >= 15 is 0 Å². The Morgan fingerprint density at radius 3 is 2.06 bits per heavy atom. The molecular formula is C12H16F3NO. The Balaban J connectivity index is 0.00000121. The summed E-state index contributed by atoms with van der Waals surface area (Å²) < 4.78 is 35.4. The minimum atomic E-state index is -4.81. The molecule has 17 heavy (non-hydrogen) atoms. The van der Waals surface area contributed by atoms with Crippen molar-refractivity contribution in [2.24, 2.45) is 0 Å². The van der Waals surface area contributed by atoms with Gasteiger partial charge in [-0.05, 0) is 12.5 Å². The molecule has 0 saturated carbocycles. The topological polar surface area (TPSA) is 29.1 Å². The number of halogens is 3. The third kappa shape index (κ3) is 5.94. The maximum Gasteiger partial charge on any atom is 0.471 e. The monoisotopic (exact) mass is 247 g/mol. The molecule has 0 heterocycles. The van der Waals surface area contributed by atoms with E-state index in [1.165, 1.54) is 0 Å². The quantitative estimate of drug-likeness (QED) is 0.854. The second kappa shape index (κ2) is 6.93. The standard InChI is InChI=1S/C10H10F3NO.C2H6/c1-7-2-4-8(5-3-7)6-14-9(15)10(11,12)13;1-2/h2-5H,6H2,1H3,(H,14,15);1-2H3. The molecule has 0 fully saturated rings. The minimum Gasteiger partial charge on any atom is -0.344 e.